The lowest BCUT2D eigenvalue weighted by Crippen LogP contribution is -3.00. The molecule has 0 unspecified atom stereocenters. The lowest BCUT2D eigenvalue weighted by Gasteiger charge is -2.18. The van der Waals surface area contributed by atoms with Gasteiger partial charge in [0, 0.05) is 18.9 Å². The molecule has 0 bridgehead atoms. The second-order valence-electron chi connectivity index (χ2n) is 8.61. The van der Waals surface area contributed by atoms with Crippen LogP contribution in [0.3, 0.4) is 0 Å². The molecule has 0 fully saturated rings. The average Bonchev–Trinajstić information content (AvgIpc) is 3.34. The lowest BCUT2D eigenvalue weighted by molar-refractivity contribution is -0.686. The predicted molar refractivity (Wildman–Crippen MR) is 130 cm³/mol. The van der Waals surface area contributed by atoms with E-state index in [1.165, 1.54) is 11.1 Å². The minimum Gasteiger partial charge on any atom is -1.00 e. The van der Waals surface area contributed by atoms with Gasteiger partial charge in [0.15, 0.2) is 35.7 Å². The highest BCUT2D eigenvalue weighted by Gasteiger charge is 2.28. The Bertz CT molecular complexity index is 1410. The summed E-state index contributed by atoms with van der Waals surface area (Å²) in [6.45, 7) is 2.14. The van der Waals surface area contributed by atoms with Crippen molar-refractivity contribution in [1.82, 2.24) is 0 Å². The van der Waals surface area contributed by atoms with Gasteiger partial charge in [-0.2, -0.15) is 4.57 Å². The van der Waals surface area contributed by atoms with Crippen LogP contribution in [0.5, 0.6) is 34.5 Å². The summed E-state index contributed by atoms with van der Waals surface area (Å²) < 4.78 is 31.0. The highest BCUT2D eigenvalue weighted by molar-refractivity contribution is 5.91. The molecule has 3 heterocycles. The van der Waals surface area contributed by atoms with Gasteiger partial charge in [0.2, 0.25) is 12.5 Å². The van der Waals surface area contributed by atoms with Gasteiger partial charge in [-0.15, -0.1) is 0 Å². The van der Waals surface area contributed by atoms with E-state index in [0.29, 0.717) is 25.4 Å². The summed E-state index contributed by atoms with van der Waals surface area (Å²) >= 11 is 0. The van der Waals surface area contributed by atoms with Gasteiger partial charge in [0.25, 0.3) is 0 Å². The van der Waals surface area contributed by atoms with E-state index in [0.717, 1.165) is 52.4 Å². The third kappa shape index (κ3) is 4.48. The Morgan fingerprint density at radius 1 is 0.944 bits per heavy atom. The van der Waals surface area contributed by atoms with Crippen LogP contribution in [0.4, 0.5) is 0 Å². The molecule has 0 spiro atoms. The minimum atomic E-state index is 0. The fourth-order valence-electron chi connectivity index (χ4n) is 4.67. The summed E-state index contributed by atoms with van der Waals surface area (Å²) in [7, 11) is 1.66. The number of rotatable bonds is 7. The first-order valence-corrected chi connectivity index (χ1v) is 11.7. The minimum absolute atomic E-state index is 0. The maximum Gasteiger partial charge on any atom is 0.231 e. The van der Waals surface area contributed by atoms with Crippen molar-refractivity contribution < 1.29 is 50.3 Å². The predicted octanol–water partition coefficient (Wildman–Crippen LogP) is 1.65. The summed E-state index contributed by atoms with van der Waals surface area (Å²) in [5.41, 5.74) is 3.59. The van der Waals surface area contributed by atoms with Crippen LogP contribution in [0.1, 0.15) is 12.0 Å². The number of nitrogens with zero attached hydrogens (tertiary/aromatic N) is 1. The van der Waals surface area contributed by atoms with Gasteiger partial charge in [-0.3, -0.25) is 0 Å². The average molecular weight is 552 g/mol. The van der Waals surface area contributed by atoms with E-state index in [4.69, 9.17) is 23.7 Å². The Balaban J connectivity index is 0.00000267. The molecule has 6 rings (SSSR count). The first kappa shape index (κ1) is 24.1. The monoisotopic (exact) mass is 551 g/mol. The highest BCUT2D eigenvalue weighted by atomic mass is 79.9. The molecular formula is C28H26BrNO6. The quantitative estimate of drug-likeness (QED) is 0.278. The van der Waals surface area contributed by atoms with Crippen LogP contribution in [0, 0.1) is 0 Å². The van der Waals surface area contributed by atoms with Crippen LogP contribution in [0.2, 0.25) is 0 Å². The van der Waals surface area contributed by atoms with Gasteiger partial charge < -0.3 is 45.8 Å². The van der Waals surface area contributed by atoms with Crippen LogP contribution in [0.25, 0.3) is 22.0 Å². The number of ether oxygens (including phenoxy) is 5. The van der Waals surface area contributed by atoms with Crippen molar-refractivity contribution in [3.05, 3.63) is 66.4 Å². The van der Waals surface area contributed by atoms with Crippen LogP contribution < -0.4 is 45.2 Å². The normalized spacial score (nSPS) is 12.9. The van der Waals surface area contributed by atoms with Crippen LogP contribution >= 0.6 is 0 Å². The molecule has 4 aromatic rings. The Hall–Kier alpha value is -3.65. The number of phenolic OH excluding ortho intramolecular Hbond substituents is 1. The second-order valence-corrected chi connectivity index (χ2v) is 8.61. The number of fused-ring (bicyclic) bond motifs is 5. The summed E-state index contributed by atoms with van der Waals surface area (Å²) in [5, 5.41) is 11.5. The molecule has 2 aliphatic rings. The third-order valence-electron chi connectivity index (χ3n) is 6.44. The molecule has 0 saturated carbocycles. The Kier molecular flexibility index (Phi) is 6.78. The van der Waals surface area contributed by atoms with Gasteiger partial charge in [-0.25, -0.2) is 0 Å². The molecule has 0 saturated heterocycles. The zero-order valence-corrected chi connectivity index (χ0v) is 21.4. The van der Waals surface area contributed by atoms with E-state index in [2.05, 4.69) is 35.0 Å². The first-order valence-electron chi connectivity index (χ1n) is 11.7. The molecule has 3 aromatic carbocycles. The summed E-state index contributed by atoms with van der Waals surface area (Å²) in [4.78, 5) is 0. The van der Waals surface area contributed by atoms with Gasteiger partial charge in [0.1, 0.15) is 11.5 Å². The van der Waals surface area contributed by atoms with E-state index < -0.39 is 0 Å². The van der Waals surface area contributed by atoms with Crippen molar-refractivity contribution in [2.24, 2.45) is 0 Å². The number of hydrogen-bond donors (Lipinski definition) is 1. The number of pyridine rings is 1. The fraction of sp³-hybridized carbons (Fsp3) is 0.250. The molecular weight excluding hydrogens is 526 g/mol. The van der Waals surface area contributed by atoms with E-state index in [-0.39, 0.29) is 29.5 Å². The molecule has 7 nitrogen and oxygen atoms in total. The zero-order chi connectivity index (χ0) is 23.8. The van der Waals surface area contributed by atoms with Gasteiger partial charge in [-0.1, -0.05) is 0 Å². The first-order chi connectivity index (χ1) is 17.2. The molecule has 36 heavy (non-hydrogen) atoms. The maximum atomic E-state index is 9.39. The molecule has 8 heteroatoms. The van der Waals surface area contributed by atoms with Crippen molar-refractivity contribution in [2.45, 2.75) is 19.4 Å². The molecule has 186 valence electrons. The van der Waals surface area contributed by atoms with Gasteiger partial charge >= 0.3 is 0 Å². The largest absolute Gasteiger partial charge is 1.00 e. The van der Waals surface area contributed by atoms with E-state index >= 15 is 0 Å². The van der Waals surface area contributed by atoms with Crippen molar-refractivity contribution in [3.8, 4) is 45.8 Å². The summed E-state index contributed by atoms with van der Waals surface area (Å²) in [6, 6.07) is 17.1. The molecule has 1 N–H and O–H groups in total. The third-order valence-corrected chi connectivity index (χ3v) is 6.44. The Morgan fingerprint density at radius 3 is 2.53 bits per heavy atom. The lowest BCUT2D eigenvalue weighted by atomic mass is 9.95. The van der Waals surface area contributed by atoms with E-state index in [1.807, 2.05) is 6.07 Å². The summed E-state index contributed by atoms with van der Waals surface area (Å²) in [5.74, 6) is 4.01. The number of benzene rings is 3. The topological polar surface area (TPSA) is 70.3 Å². The smallest absolute Gasteiger partial charge is 0.231 e. The number of phenols is 1. The van der Waals surface area contributed by atoms with Crippen LogP contribution in [-0.4, -0.2) is 32.2 Å². The number of hydrogen-bond acceptors (Lipinski definition) is 6. The number of aromatic hydroxyl groups is 1. The van der Waals surface area contributed by atoms with Crippen molar-refractivity contribution in [2.75, 3.05) is 27.1 Å². The van der Waals surface area contributed by atoms with E-state index in [1.54, 1.807) is 31.4 Å². The van der Waals surface area contributed by atoms with Crippen molar-refractivity contribution in [3.63, 3.8) is 0 Å². The number of halogens is 1. The number of methoxy groups -OCH3 is 1. The molecule has 1 aromatic heterocycles. The maximum absolute atomic E-state index is 9.39. The van der Waals surface area contributed by atoms with Crippen molar-refractivity contribution in [1.29, 1.82) is 0 Å². The summed E-state index contributed by atoms with van der Waals surface area (Å²) in [6.07, 6.45) is 3.78. The fourth-order valence-corrected chi connectivity index (χ4v) is 4.67. The SMILES string of the molecule is COc1ccc2cc3[n+](cc2c1OCCCOc1ccc(O)cc1)CCc1cc2c(cc1-3)OCO2.[Br-]. The number of aryl methyl sites for hydroxylation is 2. The molecule has 0 radical (unpaired) electrons. The van der Waals surface area contributed by atoms with Crippen LogP contribution in [0.15, 0.2) is 60.8 Å². The zero-order valence-electron chi connectivity index (χ0n) is 19.8. The standard InChI is InChI=1S/C28H25NO6.BrH/c1-31-25-8-3-18-13-24-22-15-27-26(34-17-35-27)14-19(22)9-10-29(24)16-23(18)28(25)33-12-2-11-32-21-6-4-20(30)5-7-21;/h3-8,13-16H,2,9-12,17H2,1H3;1H. The Labute approximate surface area is 219 Å². The Morgan fingerprint density at radius 2 is 1.72 bits per heavy atom. The second kappa shape index (κ2) is 10.1. The van der Waals surface area contributed by atoms with Crippen molar-refractivity contribution >= 4 is 10.8 Å². The highest BCUT2D eigenvalue weighted by Crippen LogP contribution is 2.41. The van der Waals surface area contributed by atoms with Gasteiger partial charge in [0.05, 0.1) is 31.3 Å². The molecule has 0 amide bonds. The number of aromatic nitrogens is 1. The molecule has 2 aliphatic heterocycles. The molecule has 0 atom stereocenters. The van der Waals surface area contributed by atoms with Gasteiger partial charge in [-0.05, 0) is 59.5 Å². The van der Waals surface area contributed by atoms with E-state index in [9.17, 15) is 5.11 Å². The molecule has 0 aliphatic carbocycles. The van der Waals surface area contributed by atoms with Crippen LogP contribution in [-0.2, 0) is 13.0 Å².